The van der Waals surface area contributed by atoms with Gasteiger partial charge in [0.2, 0.25) is 5.88 Å². The Hall–Kier alpha value is -2.54. The molecule has 2 rings (SSSR count). The lowest BCUT2D eigenvalue weighted by Gasteiger charge is -2.09. The van der Waals surface area contributed by atoms with Gasteiger partial charge in [0.15, 0.2) is 5.56 Å². The molecule has 8 heteroatoms. The Labute approximate surface area is 110 Å². The number of hydrogen-bond acceptors (Lipinski definition) is 4. The van der Waals surface area contributed by atoms with Crippen LogP contribution in [-0.4, -0.2) is 20.6 Å². The summed E-state index contributed by atoms with van der Waals surface area (Å²) in [5.74, 6) is -1.95. The highest BCUT2D eigenvalue weighted by Crippen LogP contribution is 2.17. The summed E-state index contributed by atoms with van der Waals surface area (Å²) in [6.45, 7) is 0. The number of nitrogens with zero attached hydrogens (tertiary/aromatic N) is 1. The van der Waals surface area contributed by atoms with Crippen LogP contribution in [0.2, 0.25) is 5.02 Å². The van der Waals surface area contributed by atoms with Gasteiger partial charge in [-0.3, -0.25) is 14.6 Å². The summed E-state index contributed by atoms with van der Waals surface area (Å²) in [6, 6.07) is 5.84. The maximum atomic E-state index is 11.7. The van der Waals surface area contributed by atoms with Crippen molar-refractivity contribution in [2.45, 2.75) is 0 Å². The van der Waals surface area contributed by atoms with Gasteiger partial charge in [-0.1, -0.05) is 11.6 Å². The molecule has 0 aliphatic carbocycles. The lowest BCUT2D eigenvalue weighted by molar-refractivity contribution is 0.0995. The van der Waals surface area contributed by atoms with E-state index in [-0.39, 0.29) is 5.69 Å². The molecular formula is C11H8ClN3O4. The van der Waals surface area contributed by atoms with E-state index in [0.717, 1.165) is 4.57 Å². The summed E-state index contributed by atoms with van der Waals surface area (Å²) in [5.41, 5.74) is 2.59. The number of carbonyl (C=O) groups is 1. The Kier molecular flexibility index (Phi) is 3.14. The quantitative estimate of drug-likeness (QED) is 0.717. The summed E-state index contributed by atoms with van der Waals surface area (Å²) in [6.07, 6.45) is 0. The number of hydrogen-bond donors (Lipinski definition) is 3. The van der Waals surface area contributed by atoms with Crippen molar-refractivity contribution in [2.75, 3.05) is 0 Å². The van der Waals surface area contributed by atoms with Crippen molar-refractivity contribution in [3.8, 4) is 11.6 Å². The lowest BCUT2D eigenvalue weighted by Crippen LogP contribution is -2.34. The number of H-pyrrole nitrogens is 1. The number of rotatable bonds is 2. The van der Waals surface area contributed by atoms with Gasteiger partial charge in [-0.05, 0) is 24.3 Å². The van der Waals surface area contributed by atoms with Gasteiger partial charge >= 0.3 is 5.69 Å². The van der Waals surface area contributed by atoms with E-state index in [0.29, 0.717) is 5.02 Å². The lowest BCUT2D eigenvalue weighted by atomic mass is 10.2. The normalized spacial score (nSPS) is 10.4. The highest BCUT2D eigenvalue weighted by atomic mass is 35.5. The second-order valence-corrected chi connectivity index (χ2v) is 4.07. The molecule has 0 saturated carbocycles. The first-order chi connectivity index (χ1) is 8.91. The molecule has 19 heavy (non-hydrogen) atoms. The van der Waals surface area contributed by atoms with Crippen molar-refractivity contribution in [2.24, 2.45) is 5.73 Å². The molecule has 0 spiro atoms. The molecular weight excluding hydrogens is 274 g/mol. The fraction of sp³-hybridized carbons (Fsp3) is 0. The van der Waals surface area contributed by atoms with Crippen LogP contribution in [-0.2, 0) is 0 Å². The SMILES string of the molecule is NC(=O)c1c(O)n(-c2ccc(Cl)cc2)c(=O)[nH]c1=O. The van der Waals surface area contributed by atoms with Gasteiger partial charge in [-0.2, -0.15) is 0 Å². The Bertz CT molecular complexity index is 761. The number of amides is 1. The molecule has 0 fully saturated rings. The fourth-order valence-electron chi connectivity index (χ4n) is 1.58. The van der Waals surface area contributed by atoms with E-state index in [1.807, 2.05) is 4.98 Å². The highest BCUT2D eigenvalue weighted by molar-refractivity contribution is 6.30. The molecule has 98 valence electrons. The van der Waals surface area contributed by atoms with E-state index < -0.39 is 28.6 Å². The number of aromatic amines is 1. The molecule has 1 aromatic carbocycles. The summed E-state index contributed by atoms with van der Waals surface area (Å²) < 4.78 is 0.748. The third kappa shape index (κ3) is 2.23. The van der Waals surface area contributed by atoms with Crippen molar-refractivity contribution in [1.82, 2.24) is 9.55 Å². The molecule has 0 unspecified atom stereocenters. The van der Waals surface area contributed by atoms with Crippen LogP contribution >= 0.6 is 11.6 Å². The Morgan fingerprint density at radius 1 is 1.26 bits per heavy atom. The topological polar surface area (TPSA) is 118 Å². The van der Waals surface area contributed by atoms with Crippen molar-refractivity contribution in [3.05, 3.63) is 55.7 Å². The number of carbonyl (C=O) groups excluding carboxylic acids is 1. The molecule has 0 saturated heterocycles. The van der Waals surface area contributed by atoms with Crippen LogP contribution in [0, 0.1) is 0 Å². The molecule has 1 amide bonds. The number of primary amides is 1. The minimum Gasteiger partial charge on any atom is -0.493 e. The monoisotopic (exact) mass is 281 g/mol. The van der Waals surface area contributed by atoms with Crippen LogP contribution in [0.5, 0.6) is 5.88 Å². The summed E-state index contributed by atoms with van der Waals surface area (Å²) >= 11 is 5.70. The second kappa shape index (κ2) is 4.62. The first kappa shape index (κ1) is 12.9. The molecule has 4 N–H and O–H groups in total. The first-order valence-corrected chi connectivity index (χ1v) is 5.43. The highest BCUT2D eigenvalue weighted by Gasteiger charge is 2.19. The Morgan fingerprint density at radius 3 is 2.37 bits per heavy atom. The maximum Gasteiger partial charge on any atom is 0.335 e. The summed E-state index contributed by atoms with van der Waals surface area (Å²) in [4.78, 5) is 36.1. The van der Waals surface area contributed by atoms with E-state index in [4.69, 9.17) is 17.3 Å². The molecule has 7 nitrogen and oxygen atoms in total. The van der Waals surface area contributed by atoms with E-state index in [2.05, 4.69) is 0 Å². The third-order valence-electron chi connectivity index (χ3n) is 2.42. The molecule has 1 heterocycles. The van der Waals surface area contributed by atoms with Gasteiger partial charge in [0.1, 0.15) is 0 Å². The number of aromatic nitrogens is 2. The zero-order valence-corrected chi connectivity index (χ0v) is 10.1. The van der Waals surface area contributed by atoms with Crippen LogP contribution < -0.4 is 17.0 Å². The predicted octanol–water partition coefficient (Wildman–Crippen LogP) is -0.0163. The van der Waals surface area contributed by atoms with Gasteiger partial charge in [0.05, 0.1) is 5.69 Å². The van der Waals surface area contributed by atoms with Gasteiger partial charge in [0.25, 0.3) is 11.5 Å². The van der Waals surface area contributed by atoms with Gasteiger partial charge < -0.3 is 10.8 Å². The van der Waals surface area contributed by atoms with Crippen LogP contribution in [0.3, 0.4) is 0 Å². The zero-order valence-electron chi connectivity index (χ0n) is 9.38. The predicted molar refractivity (Wildman–Crippen MR) is 67.9 cm³/mol. The number of nitrogens with two attached hydrogens (primary N) is 1. The van der Waals surface area contributed by atoms with Crippen LogP contribution in [0.4, 0.5) is 0 Å². The summed E-state index contributed by atoms with van der Waals surface area (Å²) in [7, 11) is 0. The average Bonchev–Trinajstić information content (AvgIpc) is 2.30. The number of nitrogens with one attached hydrogen (secondary N) is 1. The van der Waals surface area contributed by atoms with Gasteiger partial charge in [0, 0.05) is 5.02 Å². The van der Waals surface area contributed by atoms with E-state index in [1.165, 1.54) is 24.3 Å². The molecule has 0 aliphatic rings. The summed E-state index contributed by atoms with van der Waals surface area (Å²) in [5, 5.41) is 10.3. The van der Waals surface area contributed by atoms with Crippen molar-refractivity contribution in [3.63, 3.8) is 0 Å². The van der Waals surface area contributed by atoms with E-state index in [9.17, 15) is 19.5 Å². The van der Waals surface area contributed by atoms with Crippen molar-refractivity contribution >= 4 is 17.5 Å². The number of benzene rings is 1. The van der Waals surface area contributed by atoms with Crippen LogP contribution in [0.15, 0.2) is 33.9 Å². The van der Waals surface area contributed by atoms with Crippen molar-refractivity contribution < 1.29 is 9.90 Å². The van der Waals surface area contributed by atoms with E-state index in [1.54, 1.807) is 0 Å². The minimum absolute atomic E-state index is 0.227. The number of halogens is 1. The maximum absolute atomic E-state index is 11.7. The average molecular weight is 282 g/mol. The second-order valence-electron chi connectivity index (χ2n) is 3.63. The van der Waals surface area contributed by atoms with E-state index >= 15 is 0 Å². The van der Waals surface area contributed by atoms with Crippen molar-refractivity contribution in [1.29, 1.82) is 0 Å². The first-order valence-electron chi connectivity index (χ1n) is 5.06. The molecule has 0 atom stereocenters. The van der Waals surface area contributed by atoms with Crippen LogP contribution in [0.1, 0.15) is 10.4 Å². The zero-order chi connectivity index (χ0) is 14.2. The molecule has 1 aromatic heterocycles. The number of aromatic hydroxyl groups is 1. The molecule has 0 aliphatic heterocycles. The Morgan fingerprint density at radius 2 is 1.84 bits per heavy atom. The smallest absolute Gasteiger partial charge is 0.335 e. The molecule has 0 radical (unpaired) electrons. The van der Waals surface area contributed by atoms with Gasteiger partial charge in [-0.25, -0.2) is 9.36 Å². The third-order valence-corrected chi connectivity index (χ3v) is 2.67. The minimum atomic E-state index is -1.14. The fourth-order valence-corrected chi connectivity index (χ4v) is 1.70. The largest absolute Gasteiger partial charge is 0.493 e. The van der Waals surface area contributed by atoms with Crippen LogP contribution in [0.25, 0.3) is 5.69 Å². The molecule has 0 bridgehead atoms. The molecule has 2 aromatic rings. The Balaban J connectivity index is 2.81. The van der Waals surface area contributed by atoms with Gasteiger partial charge in [-0.15, -0.1) is 0 Å². The standard InChI is InChI=1S/C11H8ClN3O4/c12-5-1-3-6(4-2-5)15-10(18)7(8(13)16)9(17)14-11(15)19/h1-4,18H,(H2,13,16)(H,14,17,19).